The summed E-state index contributed by atoms with van der Waals surface area (Å²) < 4.78 is 56.3. The number of ether oxygens (including phenoxy) is 2. The van der Waals surface area contributed by atoms with Crippen LogP contribution in [0.25, 0.3) is 34.2 Å². The third-order valence-corrected chi connectivity index (χ3v) is 7.37. The molecule has 0 saturated heterocycles. The number of imidazole rings is 1. The van der Waals surface area contributed by atoms with Crippen LogP contribution in [0.3, 0.4) is 0 Å². The second-order valence-electron chi connectivity index (χ2n) is 10.2. The lowest BCUT2D eigenvalue weighted by molar-refractivity contribution is -0.137. The molecule has 1 aliphatic heterocycles. The number of carbonyl (C=O) groups is 1. The Hall–Kier alpha value is -6.12. The molecule has 0 fully saturated rings. The highest BCUT2D eigenvalue weighted by Crippen LogP contribution is 2.38. The van der Waals surface area contributed by atoms with Crippen LogP contribution < -0.4 is 21.3 Å². The van der Waals surface area contributed by atoms with Crippen LogP contribution in [-0.2, 0) is 17.5 Å². The molecule has 0 radical (unpaired) electrons. The van der Waals surface area contributed by atoms with E-state index in [1.807, 2.05) is 6.20 Å². The van der Waals surface area contributed by atoms with Crippen molar-refractivity contribution < 1.29 is 27.4 Å². The zero-order chi connectivity index (χ0) is 32.2. The zero-order valence-electron chi connectivity index (χ0n) is 23.9. The van der Waals surface area contributed by atoms with E-state index < -0.39 is 17.6 Å². The Balaban J connectivity index is 1.30. The number of rotatable bonds is 6. The number of nitrogens with zero attached hydrogens (tertiary/aromatic N) is 6. The molecule has 0 unspecified atom stereocenters. The highest BCUT2D eigenvalue weighted by molar-refractivity contribution is 6.05. The first kappa shape index (κ1) is 28.6. The van der Waals surface area contributed by atoms with Crippen LogP contribution in [0.5, 0.6) is 5.75 Å². The first-order chi connectivity index (χ1) is 22.1. The minimum atomic E-state index is -4.59. The summed E-state index contributed by atoms with van der Waals surface area (Å²) in [6, 6.07) is 9.60. The lowest BCUT2D eigenvalue weighted by Gasteiger charge is -2.19. The van der Waals surface area contributed by atoms with E-state index in [4.69, 9.17) is 20.2 Å². The second kappa shape index (κ2) is 10.8. The van der Waals surface area contributed by atoms with E-state index >= 15 is 0 Å². The monoisotopic (exact) mass is 628 g/mol. The quantitative estimate of drug-likeness (QED) is 0.264. The molecule has 1 aliphatic rings. The Bertz CT molecular complexity index is 2270. The maximum atomic E-state index is 13.2. The van der Waals surface area contributed by atoms with Gasteiger partial charge in [0.1, 0.15) is 40.7 Å². The summed E-state index contributed by atoms with van der Waals surface area (Å²) in [7, 11) is 0. The highest BCUT2D eigenvalue weighted by Gasteiger charge is 2.31. The van der Waals surface area contributed by atoms with Gasteiger partial charge in [-0.1, -0.05) is 0 Å². The van der Waals surface area contributed by atoms with Crippen LogP contribution in [0, 0.1) is 0 Å². The van der Waals surface area contributed by atoms with Crippen molar-refractivity contribution in [3.63, 3.8) is 0 Å². The molecule has 0 bridgehead atoms. The number of pyridine rings is 1. The lowest BCUT2D eigenvalue weighted by Crippen LogP contribution is -2.25. The van der Waals surface area contributed by atoms with E-state index in [0.717, 1.165) is 18.3 Å². The molecular formula is C31H23F3N8O4. The molecule has 15 heteroatoms. The number of nitrogen functional groups attached to an aromatic ring is 1. The number of nitrogens with one attached hydrogen (secondary N) is 1. The van der Waals surface area contributed by atoms with Crippen LogP contribution in [0.1, 0.15) is 34.4 Å². The van der Waals surface area contributed by atoms with Crippen LogP contribution in [-0.4, -0.2) is 40.8 Å². The second-order valence-corrected chi connectivity index (χ2v) is 10.2. The Morgan fingerprint density at radius 3 is 2.78 bits per heavy atom. The van der Waals surface area contributed by atoms with Gasteiger partial charge in [-0.05, 0) is 49.4 Å². The van der Waals surface area contributed by atoms with Crippen LogP contribution in [0.15, 0.2) is 78.2 Å². The number of hydrogen-bond donors (Lipinski definition) is 2. The van der Waals surface area contributed by atoms with Crippen molar-refractivity contribution in [2.24, 2.45) is 0 Å². The number of aromatic nitrogens is 6. The van der Waals surface area contributed by atoms with Gasteiger partial charge >= 0.3 is 6.18 Å². The number of alkyl halides is 3. The van der Waals surface area contributed by atoms with Gasteiger partial charge in [0.15, 0.2) is 11.6 Å². The number of benzene rings is 1. The Morgan fingerprint density at radius 2 is 1.98 bits per heavy atom. The fourth-order valence-electron chi connectivity index (χ4n) is 5.26. The van der Waals surface area contributed by atoms with E-state index in [2.05, 4.69) is 15.3 Å². The van der Waals surface area contributed by atoms with Gasteiger partial charge in [-0.3, -0.25) is 18.6 Å². The summed E-state index contributed by atoms with van der Waals surface area (Å²) >= 11 is 0. The number of halogens is 3. The van der Waals surface area contributed by atoms with E-state index in [1.54, 1.807) is 52.5 Å². The van der Waals surface area contributed by atoms with Gasteiger partial charge in [0.25, 0.3) is 11.5 Å². The number of fused-ring (bicyclic) bond motifs is 3. The number of hydrogen-bond acceptors (Lipinski definition) is 8. The van der Waals surface area contributed by atoms with Gasteiger partial charge in [-0.25, -0.2) is 15.0 Å². The average Bonchev–Trinajstić information content (AvgIpc) is 3.67. The zero-order valence-corrected chi connectivity index (χ0v) is 23.9. The molecule has 232 valence electrons. The molecule has 6 heterocycles. The Kier molecular flexibility index (Phi) is 6.72. The fraction of sp³-hybridized carbons (Fsp3) is 0.129. The first-order valence-electron chi connectivity index (χ1n) is 13.9. The van der Waals surface area contributed by atoms with Gasteiger partial charge in [-0.2, -0.15) is 13.2 Å². The van der Waals surface area contributed by atoms with Crippen molar-refractivity contribution in [2.45, 2.75) is 19.7 Å². The van der Waals surface area contributed by atoms with E-state index in [0.29, 0.717) is 39.6 Å². The molecule has 0 saturated carbocycles. The molecule has 12 nitrogen and oxygen atoms in total. The van der Waals surface area contributed by atoms with Gasteiger partial charge < -0.3 is 24.9 Å². The van der Waals surface area contributed by atoms with Crippen molar-refractivity contribution in [3.05, 3.63) is 106 Å². The minimum Gasteiger partial charge on any atom is -0.493 e. The SMILES string of the molecule is CCOc1cc(C(=O)Nc2cc(C(F)(F)F)ccn2)ccc1-c1nc(C2=Cn3c(cn4cccc4c3=O)CO2)n2ccnc(N)c12. The molecule has 0 atom stereocenters. The molecule has 7 rings (SSSR count). The van der Waals surface area contributed by atoms with E-state index in [9.17, 15) is 22.8 Å². The average molecular weight is 629 g/mol. The summed E-state index contributed by atoms with van der Waals surface area (Å²) in [5, 5.41) is 2.40. The largest absolute Gasteiger partial charge is 0.493 e. The maximum Gasteiger partial charge on any atom is 0.416 e. The summed E-state index contributed by atoms with van der Waals surface area (Å²) in [4.78, 5) is 39.2. The number of carbonyl (C=O) groups excluding carboxylic acids is 1. The van der Waals surface area contributed by atoms with Gasteiger partial charge in [0, 0.05) is 42.1 Å². The first-order valence-corrected chi connectivity index (χ1v) is 13.9. The Morgan fingerprint density at radius 1 is 1.13 bits per heavy atom. The molecule has 46 heavy (non-hydrogen) atoms. The predicted molar refractivity (Wildman–Crippen MR) is 162 cm³/mol. The smallest absolute Gasteiger partial charge is 0.416 e. The molecule has 0 spiro atoms. The van der Waals surface area contributed by atoms with Gasteiger partial charge in [0.05, 0.1) is 24.1 Å². The van der Waals surface area contributed by atoms with Crippen LogP contribution in [0.4, 0.5) is 24.8 Å². The van der Waals surface area contributed by atoms with Crippen LogP contribution in [0.2, 0.25) is 0 Å². The summed E-state index contributed by atoms with van der Waals surface area (Å²) in [6.45, 7) is 2.09. The summed E-state index contributed by atoms with van der Waals surface area (Å²) in [5.41, 5.74) is 7.66. The normalized spacial score (nSPS) is 12.9. The van der Waals surface area contributed by atoms with Crippen molar-refractivity contribution >= 4 is 40.5 Å². The number of amides is 1. The topological polar surface area (TPSA) is 143 Å². The van der Waals surface area contributed by atoms with Crippen LogP contribution >= 0.6 is 0 Å². The van der Waals surface area contributed by atoms with E-state index in [-0.39, 0.29) is 41.7 Å². The van der Waals surface area contributed by atoms with Crippen molar-refractivity contribution in [1.82, 2.24) is 28.3 Å². The lowest BCUT2D eigenvalue weighted by atomic mass is 10.1. The molecule has 1 aromatic carbocycles. The molecule has 1 amide bonds. The van der Waals surface area contributed by atoms with Crippen molar-refractivity contribution in [2.75, 3.05) is 17.7 Å². The standard InChI is InChI=1S/C31H23F3N8O4/c1-2-45-22-12-17(29(43)38-24-13-18(7-8-36-24)31(32,33)34)5-6-20(22)25-26-27(35)37-9-11-41(26)28(39-25)23-15-42-19(16-46-23)14-40-10-3-4-21(40)30(42)44/h3-15H,2,16H2,1H3,(H2,35,37)(H,36,38,43). The fourth-order valence-corrected chi connectivity index (χ4v) is 5.26. The van der Waals surface area contributed by atoms with Crippen molar-refractivity contribution in [3.8, 4) is 17.0 Å². The third-order valence-electron chi connectivity index (χ3n) is 7.37. The number of anilines is 2. The molecule has 0 aliphatic carbocycles. The highest BCUT2D eigenvalue weighted by atomic mass is 19.4. The van der Waals surface area contributed by atoms with Gasteiger partial charge in [0.2, 0.25) is 0 Å². The van der Waals surface area contributed by atoms with Crippen molar-refractivity contribution in [1.29, 1.82) is 0 Å². The molecule has 3 N–H and O–H groups in total. The minimum absolute atomic E-state index is 0.104. The predicted octanol–water partition coefficient (Wildman–Crippen LogP) is 4.94. The van der Waals surface area contributed by atoms with Gasteiger partial charge in [-0.15, -0.1) is 0 Å². The van der Waals surface area contributed by atoms with E-state index in [1.165, 1.54) is 22.9 Å². The Labute approximate surface area is 257 Å². The summed E-state index contributed by atoms with van der Waals surface area (Å²) in [5.74, 6) is 0.104. The third kappa shape index (κ3) is 4.87. The molecule has 5 aromatic heterocycles. The summed E-state index contributed by atoms with van der Waals surface area (Å²) in [6.07, 6.45) is 4.70. The molecular weight excluding hydrogens is 605 g/mol. The maximum absolute atomic E-state index is 13.2. The number of nitrogens with two attached hydrogens (primary N) is 1. The molecule has 6 aromatic rings.